The first-order chi connectivity index (χ1) is 8.17. The summed E-state index contributed by atoms with van der Waals surface area (Å²) in [5, 5.41) is 3.39. The highest BCUT2D eigenvalue weighted by Crippen LogP contribution is 2.24. The number of amides is 1. The van der Waals surface area contributed by atoms with E-state index in [9.17, 15) is 4.79 Å². The summed E-state index contributed by atoms with van der Waals surface area (Å²) in [4.78, 5) is 11.6. The molecule has 100 valence electrons. The second-order valence-electron chi connectivity index (χ2n) is 5.07. The zero-order valence-electron chi connectivity index (χ0n) is 10.9. The maximum absolute atomic E-state index is 11.6. The largest absolute Gasteiger partial charge is 0.444 e. The predicted molar refractivity (Wildman–Crippen MR) is 76.9 cm³/mol. The molecule has 0 spiro atoms. The van der Waals surface area contributed by atoms with E-state index < -0.39 is 11.7 Å². The Morgan fingerprint density at radius 1 is 1.39 bits per heavy atom. The monoisotopic (exact) mass is 333 g/mol. The van der Waals surface area contributed by atoms with Crippen LogP contribution in [-0.4, -0.2) is 11.7 Å². The van der Waals surface area contributed by atoms with Gasteiger partial charge in [-0.1, -0.05) is 27.5 Å². The third kappa shape index (κ3) is 5.27. The zero-order valence-corrected chi connectivity index (χ0v) is 13.2. The molecule has 1 N–H and O–H groups in total. The molecule has 0 aliphatic carbocycles. The minimum Gasteiger partial charge on any atom is -0.444 e. The van der Waals surface area contributed by atoms with Crippen LogP contribution in [0.15, 0.2) is 22.7 Å². The number of alkyl carbamates (subject to hydrolysis) is 1. The number of ether oxygens (including phenoxy) is 1. The van der Waals surface area contributed by atoms with Crippen LogP contribution in [0.3, 0.4) is 0 Å². The van der Waals surface area contributed by atoms with Crippen LogP contribution in [0.25, 0.3) is 0 Å². The van der Waals surface area contributed by atoms with E-state index in [4.69, 9.17) is 16.3 Å². The van der Waals surface area contributed by atoms with Gasteiger partial charge in [0.05, 0.1) is 6.04 Å². The molecule has 3 nitrogen and oxygen atoms in total. The third-order valence-corrected chi connectivity index (χ3v) is 2.79. The Hall–Kier alpha value is -0.740. The van der Waals surface area contributed by atoms with E-state index in [2.05, 4.69) is 21.2 Å². The fourth-order valence-electron chi connectivity index (χ4n) is 1.39. The Morgan fingerprint density at radius 3 is 2.50 bits per heavy atom. The molecule has 0 aliphatic rings. The van der Waals surface area contributed by atoms with Crippen molar-refractivity contribution in [3.8, 4) is 0 Å². The van der Waals surface area contributed by atoms with Gasteiger partial charge in [-0.2, -0.15) is 0 Å². The van der Waals surface area contributed by atoms with Gasteiger partial charge in [0, 0.05) is 9.50 Å². The lowest BCUT2D eigenvalue weighted by molar-refractivity contribution is 0.0508. The first-order valence-corrected chi connectivity index (χ1v) is 6.80. The van der Waals surface area contributed by atoms with Crippen molar-refractivity contribution >= 4 is 33.6 Å². The second kappa shape index (κ2) is 5.93. The number of halogens is 2. The van der Waals surface area contributed by atoms with E-state index in [0.29, 0.717) is 5.02 Å². The number of benzene rings is 1. The van der Waals surface area contributed by atoms with Gasteiger partial charge in [-0.15, -0.1) is 0 Å². The highest BCUT2D eigenvalue weighted by molar-refractivity contribution is 9.10. The molecular formula is C13H17BrClNO2. The quantitative estimate of drug-likeness (QED) is 0.852. The van der Waals surface area contributed by atoms with Gasteiger partial charge in [-0.25, -0.2) is 4.79 Å². The van der Waals surface area contributed by atoms with Crippen LogP contribution in [0.1, 0.15) is 39.3 Å². The molecule has 0 aromatic heterocycles. The number of carbonyl (C=O) groups is 1. The number of hydrogen-bond donors (Lipinski definition) is 1. The summed E-state index contributed by atoms with van der Waals surface area (Å²) in [7, 11) is 0. The highest BCUT2D eigenvalue weighted by atomic mass is 79.9. The average Bonchev–Trinajstić information content (AvgIpc) is 2.12. The topological polar surface area (TPSA) is 38.3 Å². The second-order valence-corrected chi connectivity index (χ2v) is 6.42. The first-order valence-electron chi connectivity index (χ1n) is 5.63. The average molecular weight is 335 g/mol. The highest BCUT2D eigenvalue weighted by Gasteiger charge is 2.18. The van der Waals surface area contributed by atoms with Crippen LogP contribution < -0.4 is 5.32 Å². The minimum absolute atomic E-state index is 0.171. The molecule has 0 aliphatic heterocycles. The molecular weight excluding hydrogens is 318 g/mol. The smallest absolute Gasteiger partial charge is 0.408 e. The van der Waals surface area contributed by atoms with Crippen molar-refractivity contribution in [1.29, 1.82) is 0 Å². The summed E-state index contributed by atoms with van der Waals surface area (Å²) in [6, 6.07) is 5.35. The predicted octanol–water partition coefficient (Wildman–Crippen LogP) is 4.69. The number of hydrogen-bond acceptors (Lipinski definition) is 2. The first kappa shape index (κ1) is 15.3. The summed E-state index contributed by atoms with van der Waals surface area (Å²) in [5.74, 6) is 0. The molecule has 1 amide bonds. The summed E-state index contributed by atoms with van der Waals surface area (Å²) < 4.78 is 6.07. The Bertz CT molecular complexity index is 423. The van der Waals surface area contributed by atoms with E-state index in [1.54, 1.807) is 6.07 Å². The van der Waals surface area contributed by atoms with Crippen molar-refractivity contribution in [3.63, 3.8) is 0 Å². The molecule has 5 heteroatoms. The molecule has 0 unspecified atom stereocenters. The Kier molecular flexibility index (Phi) is 5.05. The van der Waals surface area contributed by atoms with Crippen LogP contribution in [0.2, 0.25) is 5.02 Å². The van der Waals surface area contributed by atoms with Crippen molar-refractivity contribution in [3.05, 3.63) is 33.3 Å². The van der Waals surface area contributed by atoms with Gasteiger partial charge >= 0.3 is 6.09 Å². The van der Waals surface area contributed by atoms with Crippen molar-refractivity contribution < 1.29 is 9.53 Å². The van der Waals surface area contributed by atoms with Crippen molar-refractivity contribution in [1.82, 2.24) is 5.32 Å². The molecule has 1 aromatic rings. The molecule has 0 radical (unpaired) electrons. The van der Waals surface area contributed by atoms with Crippen LogP contribution >= 0.6 is 27.5 Å². The molecule has 0 bridgehead atoms. The molecule has 1 atom stereocenters. The molecule has 0 saturated heterocycles. The van der Waals surface area contributed by atoms with Crippen molar-refractivity contribution in [2.24, 2.45) is 0 Å². The number of nitrogens with one attached hydrogen (secondary N) is 1. The van der Waals surface area contributed by atoms with E-state index in [0.717, 1.165) is 10.0 Å². The summed E-state index contributed by atoms with van der Waals surface area (Å²) in [5.41, 5.74) is 0.416. The van der Waals surface area contributed by atoms with Gasteiger partial charge < -0.3 is 10.1 Å². The Balaban J connectivity index is 2.70. The van der Waals surface area contributed by atoms with Crippen LogP contribution in [0.4, 0.5) is 4.79 Å². The fourth-order valence-corrected chi connectivity index (χ4v) is 2.28. The SMILES string of the molecule is C[C@H](NC(=O)OC(C)(C)C)c1cc(Cl)cc(Br)c1. The van der Waals surface area contributed by atoms with E-state index in [1.165, 1.54) is 0 Å². The van der Waals surface area contributed by atoms with Gasteiger partial charge in [0.15, 0.2) is 0 Å². The van der Waals surface area contributed by atoms with Crippen LogP contribution in [0, 0.1) is 0 Å². The third-order valence-electron chi connectivity index (χ3n) is 2.12. The standard InChI is InChI=1S/C13H17BrClNO2/c1-8(16-12(17)18-13(2,3)4)9-5-10(14)7-11(15)6-9/h5-8H,1-4H3,(H,16,17)/t8-/m0/s1. The van der Waals surface area contributed by atoms with Gasteiger partial charge in [-0.3, -0.25) is 0 Å². The van der Waals surface area contributed by atoms with Crippen molar-refractivity contribution in [2.45, 2.75) is 39.3 Å². The Morgan fingerprint density at radius 2 is 2.00 bits per heavy atom. The van der Waals surface area contributed by atoms with Gasteiger partial charge in [0.2, 0.25) is 0 Å². The summed E-state index contributed by atoms with van der Waals surface area (Å²) in [6.07, 6.45) is -0.439. The molecule has 18 heavy (non-hydrogen) atoms. The number of rotatable bonds is 2. The lowest BCUT2D eigenvalue weighted by Gasteiger charge is -2.22. The summed E-state index contributed by atoms with van der Waals surface area (Å²) in [6.45, 7) is 7.36. The maximum atomic E-state index is 11.6. The van der Waals surface area contributed by atoms with Crippen LogP contribution in [0.5, 0.6) is 0 Å². The normalized spacial score (nSPS) is 13.0. The molecule has 0 heterocycles. The maximum Gasteiger partial charge on any atom is 0.408 e. The van der Waals surface area contributed by atoms with Gasteiger partial charge in [-0.05, 0) is 51.5 Å². The minimum atomic E-state index is -0.501. The van der Waals surface area contributed by atoms with Gasteiger partial charge in [0.1, 0.15) is 5.60 Å². The Labute approximate surface area is 121 Å². The molecule has 1 rings (SSSR count). The zero-order chi connectivity index (χ0) is 13.9. The van der Waals surface area contributed by atoms with Crippen LogP contribution in [-0.2, 0) is 4.74 Å². The molecule has 1 aromatic carbocycles. The lowest BCUT2D eigenvalue weighted by atomic mass is 10.1. The fraction of sp³-hybridized carbons (Fsp3) is 0.462. The molecule has 0 fully saturated rings. The number of carbonyl (C=O) groups excluding carboxylic acids is 1. The van der Waals surface area contributed by atoms with E-state index in [1.807, 2.05) is 39.8 Å². The molecule has 0 saturated carbocycles. The lowest BCUT2D eigenvalue weighted by Crippen LogP contribution is -2.34. The van der Waals surface area contributed by atoms with Gasteiger partial charge in [0.25, 0.3) is 0 Å². The van der Waals surface area contributed by atoms with E-state index >= 15 is 0 Å². The summed E-state index contributed by atoms with van der Waals surface area (Å²) >= 11 is 9.33. The van der Waals surface area contributed by atoms with E-state index in [-0.39, 0.29) is 6.04 Å². The van der Waals surface area contributed by atoms with Crippen molar-refractivity contribution in [2.75, 3.05) is 0 Å².